The number of fused-ring (bicyclic) bond motifs is 1. The smallest absolute Gasteiger partial charge is 0.344 e. The SMILES string of the molecule is COc1[nH]c2ccc(F)cc2c1C(=O)OCC1CCN(CCNS(C)(=O)=O)CC1.O=C(O)C=CC(=O)O. The number of nitrogens with zero attached hydrogens (tertiary/aromatic N) is 1. The van der Waals surface area contributed by atoms with Gasteiger partial charge in [0.05, 0.1) is 20.0 Å². The first-order valence-corrected chi connectivity index (χ1v) is 13.1. The average Bonchev–Trinajstić information content (AvgIpc) is 3.19. The molecule has 4 N–H and O–H groups in total. The van der Waals surface area contributed by atoms with Gasteiger partial charge >= 0.3 is 17.9 Å². The summed E-state index contributed by atoms with van der Waals surface area (Å²) in [6.45, 7) is 2.94. The quantitative estimate of drug-likeness (QED) is 0.253. The summed E-state index contributed by atoms with van der Waals surface area (Å²) in [7, 11) is -1.73. The molecular formula is C23H30FN3O9S. The number of benzene rings is 1. The molecule has 3 rings (SSSR count). The molecule has 0 spiro atoms. The van der Waals surface area contributed by atoms with Crippen LogP contribution in [0.2, 0.25) is 0 Å². The Kier molecular flexibility index (Phi) is 11.0. The summed E-state index contributed by atoms with van der Waals surface area (Å²) in [6.07, 6.45) is 3.97. The molecule has 14 heteroatoms. The van der Waals surface area contributed by atoms with Crippen LogP contribution in [0.3, 0.4) is 0 Å². The van der Waals surface area contributed by atoms with Gasteiger partial charge in [-0.05, 0) is 50.0 Å². The molecule has 0 bridgehead atoms. The maximum atomic E-state index is 13.6. The molecule has 0 unspecified atom stereocenters. The van der Waals surface area contributed by atoms with Crippen LogP contribution in [0.4, 0.5) is 4.39 Å². The Morgan fingerprint density at radius 2 is 1.81 bits per heavy atom. The topological polar surface area (TPSA) is 175 Å². The first-order valence-electron chi connectivity index (χ1n) is 11.2. The van der Waals surface area contributed by atoms with E-state index in [0.717, 1.165) is 32.2 Å². The summed E-state index contributed by atoms with van der Waals surface area (Å²) >= 11 is 0. The van der Waals surface area contributed by atoms with Crippen LogP contribution in [0.25, 0.3) is 10.9 Å². The standard InChI is InChI=1S/C19H26FN3O5S.C4H4O4/c1-27-18-17(15-11-14(20)3-4-16(15)22-18)19(24)28-12-13-5-8-23(9-6-13)10-7-21-29(2,25)26;5-3(6)1-2-4(7)8/h3-4,11,13,21-22H,5-10,12H2,1-2H3;1-2H,(H,5,6)(H,7,8). The van der Waals surface area contributed by atoms with Crippen LogP contribution in [0.5, 0.6) is 5.88 Å². The molecule has 1 aliphatic rings. The van der Waals surface area contributed by atoms with E-state index in [9.17, 15) is 27.2 Å². The molecule has 204 valence electrons. The van der Waals surface area contributed by atoms with Crippen molar-refractivity contribution in [1.82, 2.24) is 14.6 Å². The molecule has 1 aliphatic heterocycles. The van der Waals surface area contributed by atoms with Crippen LogP contribution in [-0.4, -0.2) is 92.6 Å². The van der Waals surface area contributed by atoms with Gasteiger partial charge in [0.15, 0.2) is 0 Å². The lowest BCUT2D eigenvalue weighted by Gasteiger charge is -2.31. The molecule has 1 fully saturated rings. The van der Waals surface area contributed by atoms with Crippen molar-refractivity contribution in [2.45, 2.75) is 12.8 Å². The van der Waals surface area contributed by atoms with Gasteiger partial charge in [-0.3, -0.25) is 0 Å². The van der Waals surface area contributed by atoms with E-state index in [2.05, 4.69) is 14.6 Å². The zero-order valence-corrected chi connectivity index (χ0v) is 21.2. The number of hydrogen-bond donors (Lipinski definition) is 4. The highest BCUT2D eigenvalue weighted by atomic mass is 32.2. The number of aromatic nitrogens is 1. The van der Waals surface area contributed by atoms with Gasteiger partial charge in [-0.2, -0.15) is 0 Å². The molecule has 0 atom stereocenters. The van der Waals surface area contributed by atoms with Gasteiger partial charge in [0.25, 0.3) is 0 Å². The fourth-order valence-electron chi connectivity index (χ4n) is 3.67. The number of halogens is 1. The number of ether oxygens (including phenoxy) is 2. The number of carbonyl (C=O) groups excluding carboxylic acids is 1. The molecule has 2 heterocycles. The molecule has 0 radical (unpaired) electrons. The minimum absolute atomic E-state index is 0.200. The van der Waals surface area contributed by atoms with Gasteiger partial charge < -0.3 is 29.6 Å². The molecule has 0 amide bonds. The molecule has 2 aromatic rings. The summed E-state index contributed by atoms with van der Waals surface area (Å²) in [5, 5.41) is 16.1. The fraction of sp³-hybridized carbons (Fsp3) is 0.435. The number of H-pyrrole nitrogens is 1. The van der Waals surface area contributed by atoms with E-state index in [0.29, 0.717) is 36.1 Å². The van der Waals surface area contributed by atoms with E-state index >= 15 is 0 Å². The lowest BCUT2D eigenvalue weighted by molar-refractivity contribution is -0.134. The van der Waals surface area contributed by atoms with Crippen LogP contribution in [0, 0.1) is 11.7 Å². The predicted molar refractivity (Wildman–Crippen MR) is 132 cm³/mol. The Bertz CT molecular complexity index is 1220. The second-order valence-corrected chi connectivity index (χ2v) is 10.1. The maximum Gasteiger partial charge on any atom is 0.344 e. The Morgan fingerprint density at radius 1 is 1.19 bits per heavy atom. The van der Waals surface area contributed by atoms with E-state index in [1.54, 1.807) is 6.07 Å². The Balaban J connectivity index is 0.000000521. The van der Waals surface area contributed by atoms with Gasteiger partial charge in [-0.1, -0.05) is 0 Å². The van der Waals surface area contributed by atoms with Crippen molar-refractivity contribution in [2.24, 2.45) is 5.92 Å². The Hall–Kier alpha value is -3.49. The van der Waals surface area contributed by atoms with E-state index in [-0.39, 0.29) is 24.0 Å². The van der Waals surface area contributed by atoms with Crippen molar-refractivity contribution < 1.29 is 46.9 Å². The average molecular weight is 544 g/mol. The maximum absolute atomic E-state index is 13.6. The number of likely N-dealkylation sites (tertiary alicyclic amines) is 1. The largest absolute Gasteiger partial charge is 0.482 e. The lowest BCUT2D eigenvalue weighted by Crippen LogP contribution is -2.40. The van der Waals surface area contributed by atoms with Gasteiger partial charge in [-0.15, -0.1) is 0 Å². The molecule has 1 aromatic heterocycles. The minimum Gasteiger partial charge on any atom is -0.482 e. The second-order valence-electron chi connectivity index (χ2n) is 8.28. The van der Waals surface area contributed by atoms with E-state index in [1.807, 2.05) is 0 Å². The lowest BCUT2D eigenvalue weighted by atomic mass is 9.98. The molecule has 1 saturated heterocycles. The summed E-state index contributed by atoms with van der Waals surface area (Å²) in [6, 6.07) is 4.15. The first kappa shape index (κ1) is 29.7. The zero-order chi connectivity index (χ0) is 27.6. The second kappa shape index (κ2) is 13.7. The number of methoxy groups -OCH3 is 1. The van der Waals surface area contributed by atoms with Crippen LogP contribution in [0.1, 0.15) is 23.2 Å². The Morgan fingerprint density at radius 3 is 2.35 bits per heavy atom. The Labute approximate surface area is 213 Å². The van der Waals surface area contributed by atoms with E-state index in [1.165, 1.54) is 19.2 Å². The highest BCUT2D eigenvalue weighted by Crippen LogP contribution is 2.29. The van der Waals surface area contributed by atoms with Crippen LogP contribution in [0.15, 0.2) is 30.4 Å². The van der Waals surface area contributed by atoms with Crippen LogP contribution < -0.4 is 9.46 Å². The number of carboxylic acid groups (broad SMARTS) is 2. The molecule has 1 aromatic carbocycles. The third-order valence-electron chi connectivity index (χ3n) is 5.45. The van der Waals surface area contributed by atoms with Crippen LogP contribution >= 0.6 is 0 Å². The van der Waals surface area contributed by atoms with Crippen molar-refractivity contribution in [2.75, 3.05) is 46.2 Å². The zero-order valence-electron chi connectivity index (χ0n) is 20.4. The highest BCUT2D eigenvalue weighted by molar-refractivity contribution is 7.88. The molecular weight excluding hydrogens is 513 g/mol. The van der Waals surface area contributed by atoms with Crippen LogP contribution in [-0.2, 0) is 24.3 Å². The number of carboxylic acids is 2. The highest BCUT2D eigenvalue weighted by Gasteiger charge is 2.24. The third kappa shape index (κ3) is 10.2. The van der Waals surface area contributed by atoms with E-state index in [4.69, 9.17) is 19.7 Å². The molecule has 37 heavy (non-hydrogen) atoms. The normalized spacial score (nSPS) is 14.8. The van der Waals surface area contributed by atoms with Gasteiger partial charge in [0, 0.05) is 36.1 Å². The fourth-order valence-corrected chi connectivity index (χ4v) is 4.13. The van der Waals surface area contributed by atoms with Crippen molar-refractivity contribution >= 4 is 38.8 Å². The molecule has 0 saturated carbocycles. The van der Waals surface area contributed by atoms with Gasteiger partial charge in [-0.25, -0.2) is 31.9 Å². The summed E-state index contributed by atoms with van der Waals surface area (Å²) in [4.78, 5) is 36.9. The molecule has 0 aliphatic carbocycles. The van der Waals surface area contributed by atoms with Crippen molar-refractivity contribution in [3.63, 3.8) is 0 Å². The number of aromatic amines is 1. The number of rotatable bonds is 10. The number of nitrogens with one attached hydrogen (secondary N) is 2. The third-order valence-corrected chi connectivity index (χ3v) is 6.18. The summed E-state index contributed by atoms with van der Waals surface area (Å²) in [5.74, 6) is -3.01. The van der Waals surface area contributed by atoms with Crippen molar-refractivity contribution in [1.29, 1.82) is 0 Å². The van der Waals surface area contributed by atoms with E-state index < -0.39 is 33.7 Å². The van der Waals surface area contributed by atoms with Gasteiger partial charge in [0.1, 0.15) is 11.4 Å². The summed E-state index contributed by atoms with van der Waals surface area (Å²) in [5.41, 5.74) is 0.803. The monoisotopic (exact) mass is 543 g/mol. The number of esters is 1. The van der Waals surface area contributed by atoms with Crippen molar-refractivity contribution in [3.8, 4) is 5.88 Å². The number of carbonyl (C=O) groups is 3. The molecule has 12 nitrogen and oxygen atoms in total. The number of piperidine rings is 1. The first-order chi connectivity index (χ1) is 17.4. The number of hydrogen-bond acceptors (Lipinski definition) is 8. The number of aliphatic carboxylic acids is 2. The van der Waals surface area contributed by atoms with Crippen molar-refractivity contribution in [3.05, 3.63) is 41.7 Å². The summed E-state index contributed by atoms with van der Waals surface area (Å²) < 4.78 is 49.0. The van der Waals surface area contributed by atoms with Gasteiger partial charge in [0.2, 0.25) is 15.9 Å². The predicted octanol–water partition coefficient (Wildman–Crippen LogP) is 1.45. The minimum atomic E-state index is -3.17. The number of sulfonamides is 1.